The molecule has 0 saturated carbocycles. The molecule has 1 saturated heterocycles. The van der Waals surface area contributed by atoms with Crippen molar-refractivity contribution in [1.82, 2.24) is 19.8 Å². The fraction of sp³-hybridized carbons (Fsp3) is 0.650. The van der Waals surface area contributed by atoms with Crippen LogP contribution in [-0.4, -0.2) is 58.6 Å². The quantitative estimate of drug-likeness (QED) is 0.797. The summed E-state index contributed by atoms with van der Waals surface area (Å²) in [6.45, 7) is 12.0. The molecule has 1 atom stereocenters. The molecule has 2 aromatic rings. The maximum atomic E-state index is 12.8. The largest absolute Gasteiger partial charge is 0.450 e. The lowest BCUT2D eigenvalue weighted by atomic mass is 9.98. The highest BCUT2D eigenvalue weighted by atomic mass is 32.1. The van der Waals surface area contributed by atoms with Crippen LogP contribution in [0.4, 0.5) is 4.79 Å². The third-order valence-electron chi connectivity index (χ3n) is 5.43. The Bertz CT molecular complexity index is 883. The Labute approximate surface area is 169 Å². The molecule has 154 valence electrons. The van der Waals surface area contributed by atoms with Crippen LogP contribution in [0.2, 0.25) is 0 Å². The third kappa shape index (κ3) is 4.55. The number of H-pyrrole nitrogens is 1. The molecule has 3 heterocycles. The van der Waals surface area contributed by atoms with Crippen LogP contribution in [0.15, 0.2) is 4.79 Å². The number of hydrogen-bond donors (Lipinski definition) is 1. The number of thiophene rings is 1. The van der Waals surface area contributed by atoms with E-state index in [4.69, 9.17) is 9.72 Å². The van der Waals surface area contributed by atoms with Gasteiger partial charge in [-0.25, -0.2) is 9.78 Å². The fourth-order valence-electron chi connectivity index (χ4n) is 3.55. The Kier molecular flexibility index (Phi) is 6.72. The summed E-state index contributed by atoms with van der Waals surface area (Å²) in [5.41, 5.74) is 1.12. The number of amides is 1. The SMILES string of the molecule is CCOC(=O)N1CCN(Cc2nc3sc(C)c(C[C@H](C)CC)c3c(=O)[nH]2)CC1. The second-order valence-corrected chi connectivity index (χ2v) is 8.71. The highest BCUT2D eigenvalue weighted by molar-refractivity contribution is 7.18. The van der Waals surface area contributed by atoms with Crippen LogP contribution in [0.5, 0.6) is 0 Å². The Balaban J connectivity index is 1.72. The number of rotatable bonds is 6. The molecule has 0 aliphatic carbocycles. The second kappa shape index (κ2) is 9.05. The monoisotopic (exact) mass is 406 g/mol. The first-order chi connectivity index (χ1) is 13.4. The summed E-state index contributed by atoms with van der Waals surface area (Å²) in [6, 6.07) is 0. The van der Waals surface area contributed by atoms with Gasteiger partial charge in [-0.2, -0.15) is 0 Å². The number of fused-ring (bicyclic) bond motifs is 1. The predicted octanol–water partition coefficient (Wildman–Crippen LogP) is 3.16. The van der Waals surface area contributed by atoms with Crippen LogP contribution in [0.1, 0.15) is 43.5 Å². The average molecular weight is 407 g/mol. The number of carbonyl (C=O) groups is 1. The number of nitrogens with one attached hydrogen (secondary N) is 1. The lowest BCUT2D eigenvalue weighted by Crippen LogP contribution is -2.48. The van der Waals surface area contributed by atoms with Crippen LogP contribution in [0.3, 0.4) is 0 Å². The van der Waals surface area contributed by atoms with E-state index in [0.29, 0.717) is 38.0 Å². The average Bonchev–Trinajstić information content (AvgIpc) is 2.98. The zero-order valence-electron chi connectivity index (χ0n) is 17.2. The summed E-state index contributed by atoms with van der Waals surface area (Å²) < 4.78 is 5.06. The summed E-state index contributed by atoms with van der Waals surface area (Å²) in [5.74, 6) is 1.24. The minimum absolute atomic E-state index is 0.0344. The minimum atomic E-state index is -0.252. The third-order valence-corrected chi connectivity index (χ3v) is 6.47. The molecule has 0 bridgehead atoms. The van der Waals surface area contributed by atoms with Gasteiger partial charge in [-0.3, -0.25) is 9.69 Å². The fourth-order valence-corrected chi connectivity index (χ4v) is 4.62. The van der Waals surface area contributed by atoms with Crippen molar-refractivity contribution >= 4 is 27.6 Å². The first-order valence-corrected chi connectivity index (χ1v) is 10.9. The van der Waals surface area contributed by atoms with E-state index in [1.165, 1.54) is 4.88 Å². The molecule has 0 spiro atoms. The van der Waals surface area contributed by atoms with E-state index >= 15 is 0 Å². The predicted molar refractivity (Wildman–Crippen MR) is 112 cm³/mol. The van der Waals surface area contributed by atoms with E-state index in [0.717, 1.165) is 41.7 Å². The summed E-state index contributed by atoms with van der Waals surface area (Å²) in [6.07, 6.45) is 1.76. The zero-order chi connectivity index (χ0) is 20.3. The summed E-state index contributed by atoms with van der Waals surface area (Å²) in [4.78, 5) is 38.3. The maximum absolute atomic E-state index is 12.8. The molecule has 0 aromatic carbocycles. The Morgan fingerprint density at radius 1 is 1.29 bits per heavy atom. The van der Waals surface area contributed by atoms with E-state index in [-0.39, 0.29) is 11.7 Å². The first-order valence-electron chi connectivity index (χ1n) is 10.1. The smallest absolute Gasteiger partial charge is 0.409 e. The van der Waals surface area contributed by atoms with E-state index in [1.54, 1.807) is 16.2 Å². The van der Waals surface area contributed by atoms with Gasteiger partial charge in [0, 0.05) is 31.1 Å². The van der Waals surface area contributed by atoms with E-state index < -0.39 is 0 Å². The van der Waals surface area contributed by atoms with Gasteiger partial charge >= 0.3 is 6.09 Å². The van der Waals surface area contributed by atoms with E-state index in [1.807, 2.05) is 6.92 Å². The molecule has 3 rings (SSSR count). The second-order valence-electron chi connectivity index (χ2n) is 7.51. The number of aryl methyl sites for hydroxylation is 1. The zero-order valence-corrected chi connectivity index (χ0v) is 18.0. The Morgan fingerprint density at radius 2 is 2.00 bits per heavy atom. The van der Waals surface area contributed by atoms with Gasteiger partial charge in [-0.15, -0.1) is 11.3 Å². The molecule has 8 heteroatoms. The lowest BCUT2D eigenvalue weighted by molar-refractivity contribution is 0.0772. The van der Waals surface area contributed by atoms with Crippen molar-refractivity contribution in [1.29, 1.82) is 0 Å². The van der Waals surface area contributed by atoms with Gasteiger partial charge < -0.3 is 14.6 Å². The normalized spacial score (nSPS) is 16.5. The van der Waals surface area contributed by atoms with Crippen molar-refractivity contribution in [3.63, 3.8) is 0 Å². The molecule has 0 unspecified atom stereocenters. The highest BCUT2D eigenvalue weighted by Crippen LogP contribution is 2.29. The topological polar surface area (TPSA) is 78.5 Å². The number of hydrogen-bond acceptors (Lipinski definition) is 6. The van der Waals surface area contributed by atoms with Crippen molar-refractivity contribution in [2.45, 2.75) is 47.1 Å². The molecule has 7 nitrogen and oxygen atoms in total. The standard InChI is InChI=1S/C20H30N4O3S/c1-5-13(3)11-15-14(4)28-19-17(15)18(25)21-16(22-19)12-23-7-9-24(10-8-23)20(26)27-6-2/h13H,5-12H2,1-4H3,(H,21,22,25)/t13-/m1/s1. The molecule has 28 heavy (non-hydrogen) atoms. The van der Waals surface area contributed by atoms with Crippen LogP contribution >= 0.6 is 11.3 Å². The Hall–Kier alpha value is -1.93. The summed E-state index contributed by atoms with van der Waals surface area (Å²) >= 11 is 1.61. The van der Waals surface area contributed by atoms with Crippen molar-refractivity contribution < 1.29 is 9.53 Å². The van der Waals surface area contributed by atoms with Gasteiger partial charge in [0.05, 0.1) is 18.5 Å². The van der Waals surface area contributed by atoms with Crippen LogP contribution in [-0.2, 0) is 17.7 Å². The molecule has 0 radical (unpaired) electrons. The maximum Gasteiger partial charge on any atom is 0.409 e. The van der Waals surface area contributed by atoms with Crippen LogP contribution < -0.4 is 5.56 Å². The summed E-state index contributed by atoms with van der Waals surface area (Å²) in [7, 11) is 0. The van der Waals surface area contributed by atoms with Crippen molar-refractivity contribution in [3.8, 4) is 0 Å². The van der Waals surface area contributed by atoms with Crippen molar-refractivity contribution in [2.24, 2.45) is 5.92 Å². The molecule has 1 aliphatic heterocycles. The summed E-state index contributed by atoms with van der Waals surface area (Å²) in [5, 5.41) is 0.763. The minimum Gasteiger partial charge on any atom is -0.450 e. The van der Waals surface area contributed by atoms with Crippen molar-refractivity contribution in [3.05, 3.63) is 26.6 Å². The van der Waals surface area contributed by atoms with Crippen LogP contribution in [0, 0.1) is 12.8 Å². The number of nitrogens with zero attached hydrogens (tertiary/aromatic N) is 3. The number of piperazine rings is 1. The number of carbonyl (C=O) groups excluding carboxylic acids is 1. The van der Waals surface area contributed by atoms with Gasteiger partial charge in [-0.05, 0) is 31.7 Å². The van der Waals surface area contributed by atoms with Gasteiger partial charge in [0.2, 0.25) is 0 Å². The van der Waals surface area contributed by atoms with Crippen molar-refractivity contribution in [2.75, 3.05) is 32.8 Å². The molecule has 1 fully saturated rings. The highest BCUT2D eigenvalue weighted by Gasteiger charge is 2.23. The molecule has 1 amide bonds. The number of aromatic nitrogens is 2. The molecule has 2 aromatic heterocycles. The van der Waals surface area contributed by atoms with Crippen LogP contribution in [0.25, 0.3) is 10.2 Å². The lowest BCUT2D eigenvalue weighted by Gasteiger charge is -2.33. The number of ether oxygens (including phenoxy) is 1. The van der Waals surface area contributed by atoms with E-state index in [2.05, 4.69) is 30.7 Å². The molecule has 1 N–H and O–H groups in total. The van der Waals surface area contributed by atoms with Gasteiger partial charge in [-0.1, -0.05) is 20.3 Å². The van der Waals surface area contributed by atoms with Gasteiger partial charge in [0.1, 0.15) is 10.7 Å². The van der Waals surface area contributed by atoms with E-state index in [9.17, 15) is 9.59 Å². The van der Waals surface area contributed by atoms with Gasteiger partial charge in [0.15, 0.2) is 0 Å². The first kappa shape index (κ1) is 20.8. The molecule has 1 aliphatic rings. The Morgan fingerprint density at radius 3 is 2.64 bits per heavy atom. The number of aromatic amines is 1. The molecular weight excluding hydrogens is 376 g/mol. The molecular formula is C20H30N4O3S. The van der Waals surface area contributed by atoms with Gasteiger partial charge in [0.25, 0.3) is 5.56 Å².